The van der Waals surface area contributed by atoms with Gasteiger partial charge in [0.25, 0.3) is 0 Å². The molecule has 2 aromatic carbocycles. The molecule has 124 valence electrons. The van der Waals surface area contributed by atoms with Gasteiger partial charge in [0.1, 0.15) is 0 Å². The zero-order chi connectivity index (χ0) is 17.4. The molecule has 0 spiro atoms. The molecule has 0 saturated carbocycles. The van der Waals surface area contributed by atoms with Crippen molar-refractivity contribution in [3.63, 3.8) is 0 Å². The minimum atomic E-state index is -0.592. The normalized spacial score (nSPS) is 12.3. The number of ether oxygens (including phenoxy) is 4. The largest absolute Gasteiger partial charge is 0.493 e. The summed E-state index contributed by atoms with van der Waals surface area (Å²) >= 11 is 0. The fourth-order valence-corrected chi connectivity index (χ4v) is 2.82. The summed E-state index contributed by atoms with van der Waals surface area (Å²) in [5.74, 6) is 0.539. The number of carbonyl (C=O) groups is 2. The first kappa shape index (κ1) is 15.9. The Labute approximate surface area is 138 Å². The van der Waals surface area contributed by atoms with Crippen LogP contribution in [0.3, 0.4) is 0 Å². The van der Waals surface area contributed by atoms with E-state index >= 15 is 0 Å². The quantitative estimate of drug-likeness (QED) is 0.804. The highest BCUT2D eigenvalue weighted by Gasteiger charge is 2.33. The fourth-order valence-electron chi connectivity index (χ4n) is 2.82. The Bertz CT molecular complexity index is 782. The van der Waals surface area contributed by atoms with Crippen LogP contribution in [-0.2, 0) is 0 Å². The van der Waals surface area contributed by atoms with Gasteiger partial charge in [-0.05, 0) is 35.4 Å². The Morgan fingerprint density at radius 1 is 0.500 bits per heavy atom. The standard InChI is InChI=1S/C18H16O6/c1-21-13-5-9-10-6-14(22-2)16(24-4)8-12(10)18(20)17(19)11(9)7-15(13)23-3/h5-8H,1-4H3. The van der Waals surface area contributed by atoms with Crippen LogP contribution >= 0.6 is 0 Å². The van der Waals surface area contributed by atoms with Gasteiger partial charge < -0.3 is 18.9 Å². The van der Waals surface area contributed by atoms with Crippen molar-refractivity contribution in [3.05, 3.63) is 35.4 Å². The molecule has 0 amide bonds. The molecule has 6 heteroatoms. The van der Waals surface area contributed by atoms with Crippen molar-refractivity contribution >= 4 is 11.6 Å². The first-order valence-corrected chi connectivity index (χ1v) is 7.17. The Hall–Kier alpha value is -3.02. The highest BCUT2D eigenvalue weighted by atomic mass is 16.5. The SMILES string of the molecule is COc1cc2c(cc1OC)-c1cc(OC)c(OC)cc1C(=O)C2=O. The van der Waals surface area contributed by atoms with Crippen molar-refractivity contribution in [2.45, 2.75) is 0 Å². The van der Waals surface area contributed by atoms with E-state index in [2.05, 4.69) is 0 Å². The second kappa shape index (κ2) is 5.88. The molecule has 1 aliphatic rings. The third-order valence-electron chi connectivity index (χ3n) is 4.03. The Balaban J connectivity index is 2.34. The summed E-state index contributed by atoms with van der Waals surface area (Å²) in [6.45, 7) is 0. The predicted octanol–water partition coefficient (Wildman–Crippen LogP) is 2.77. The molecule has 0 bridgehead atoms. The Kier molecular flexibility index (Phi) is 3.89. The van der Waals surface area contributed by atoms with E-state index in [1.54, 1.807) is 12.1 Å². The molecule has 0 N–H and O–H groups in total. The second-order valence-corrected chi connectivity index (χ2v) is 5.16. The van der Waals surface area contributed by atoms with Crippen LogP contribution in [0.2, 0.25) is 0 Å². The molecule has 0 aromatic heterocycles. The summed E-state index contributed by atoms with van der Waals surface area (Å²) in [5.41, 5.74) is 1.73. The molecule has 1 aliphatic carbocycles. The van der Waals surface area contributed by atoms with Crippen LogP contribution in [0.25, 0.3) is 11.1 Å². The Morgan fingerprint density at radius 2 is 0.750 bits per heavy atom. The van der Waals surface area contributed by atoms with Crippen LogP contribution in [0, 0.1) is 0 Å². The molecule has 0 radical (unpaired) electrons. The average molecular weight is 328 g/mol. The molecule has 6 nitrogen and oxygen atoms in total. The van der Waals surface area contributed by atoms with Gasteiger partial charge in [0.2, 0.25) is 11.6 Å². The van der Waals surface area contributed by atoms with Crippen molar-refractivity contribution in [2.75, 3.05) is 28.4 Å². The zero-order valence-corrected chi connectivity index (χ0v) is 13.8. The summed E-state index contributed by atoms with van der Waals surface area (Å²) in [4.78, 5) is 25.0. The maximum Gasteiger partial charge on any atom is 0.234 e. The first-order chi connectivity index (χ1) is 11.5. The highest BCUT2D eigenvalue weighted by molar-refractivity contribution is 6.53. The summed E-state index contributed by atoms with van der Waals surface area (Å²) in [6, 6.07) is 6.41. The van der Waals surface area contributed by atoms with E-state index in [4.69, 9.17) is 18.9 Å². The minimum Gasteiger partial charge on any atom is -0.493 e. The summed E-state index contributed by atoms with van der Waals surface area (Å²) in [6.07, 6.45) is 0. The van der Waals surface area contributed by atoms with Crippen LogP contribution in [-0.4, -0.2) is 40.0 Å². The lowest BCUT2D eigenvalue weighted by Gasteiger charge is -2.21. The molecule has 0 aliphatic heterocycles. The van der Waals surface area contributed by atoms with Gasteiger partial charge in [-0.15, -0.1) is 0 Å². The van der Waals surface area contributed by atoms with Crippen LogP contribution in [0.15, 0.2) is 24.3 Å². The van der Waals surface area contributed by atoms with Gasteiger partial charge in [-0.3, -0.25) is 9.59 Å². The maximum absolute atomic E-state index is 12.5. The van der Waals surface area contributed by atoms with E-state index in [1.807, 2.05) is 0 Å². The third kappa shape index (κ3) is 2.19. The molecule has 24 heavy (non-hydrogen) atoms. The third-order valence-corrected chi connectivity index (χ3v) is 4.03. The molecular formula is C18H16O6. The van der Waals surface area contributed by atoms with Crippen molar-refractivity contribution in [1.29, 1.82) is 0 Å². The molecule has 0 saturated heterocycles. The predicted molar refractivity (Wildman–Crippen MR) is 86.7 cm³/mol. The number of Topliss-reactive ketones (excluding diaryl/α,β-unsaturated/α-hetero) is 2. The van der Waals surface area contributed by atoms with Gasteiger partial charge >= 0.3 is 0 Å². The van der Waals surface area contributed by atoms with E-state index in [1.165, 1.54) is 40.6 Å². The fraction of sp³-hybridized carbons (Fsp3) is 0.222. The lowest BCUT2D eigenvalue weighted by Crippen LogP contribution is -2.21. The van der Waals surface area contributed by atoms with Gasteiger partial charge in [-0.1, -0.05) is 0 Å². The number of fused-ring (bicyclic) bond motifs is 3. The highest BCUT2D eigenvalue weighted by Crippen LogP contribution is 2.44. The molecule has 0 unspecified atom stereocenters. The number of methoxy groups -OCH3 is 4. The van der Waals surface area contributed by atoms with E-state index in [9.17, 15) is 9.59 Å². The molecule has 2 aromatic rings. The van der Waals surface area contributed by atoms with Crippen LogP contribution in [0.1, 0.15) is 20.7 Å². The molecule has 0 atom stereocenters. The van der Waals surface area contributed by atoms with Gasteiger partial charge in [0, 0.05) is 11.1 Å². The van der Waals surface area contributed by atoms with Gasteiger partial charge in [-0.25, -0.2) is 0 Å². The lowest BCUT2D eigenvalue weighted by atomic mass is 9.83. The summed E-state index contributed by atoms with van der Waals surface area (Å²) in [7, 11) is 5.97. The maximum atomic E-state index is 12.5. The van der Waals surface area contributed by atoms with Crippen LogP contribution in [0.5, 0.6) is 23.0 Å². The second-order valence-electron chi connectivity index (χ2n) is 5.16. The number of ketones is 2. The smallest absolute Gasteiger partial charge is 0.234 e. The molecule has 0 heterocycles. The van der Waals surface area contributed by atoms with E-state index in [-0.39, 0.29) is 11.1 Å². The van der Waals surface area contributed by atoms with Crippen molar-refractivity contribution in [2.24, 2.45) is 0 Å². The number of hydrogen-bond donors (Lipinski definition) is 0. The number of hydrogen-bond acceptors (Lipinski definition) is 6. The Morgan fingerprint density at radius 3 is 1.00 bits per heavy atom. The monoisotopic (exact) mass is 328 g/mol. The van der Waals surface area contributed by atoms with Crippen LogP contribution in [0.4, 0.5) is 0 Å². The number of carbonyl (C=O) groups excluding carboxylic acids is 2. The van der Waals surface area contributed by atoms with E-state index in [0.29, 0.717) is 34.1 Å². The van der Waals surface area contributed by atoms with Crippen molar-refractivity contribution < 1.29 is 28.5 Å². The van der Waals surface area contributed by atoms with E-state index < -0.39 is 11.6 Å². The lowest BCUT2D eigenvalue weighted by molar-refractivity contribution is 0.0815. The number of benzene rings is 2. The van der Waals surface area contributed by atoms with E-state index in [0.717, 1.165) is 0 Å². The van der Waals surface area contributed by atoms with Gasteiger partial charge in [0.05, 0.1) is 28.4 Å². The minimum absolute atomic E-state index is 0.275. The van der Waals surface area contributed by atoms with Crippen LogP contribution < -0.4 is 18.9 Å². The molecule has 3 rings (SSSR count). The topological polar surface area (TPSA) is 71.1 Å². The first-order valence-electron chi connectivity index (χ1n) is 7.17. The molecule has 0 fully saturated rings. The summed E-state index contributed by atoms with van der Waals surface area (Å²) < 4.78 is 21.1. The van der Waals surface area contributed by atoms with Crippen molar-refractivity contribution in [1.82, 2.24) is 0 Å². The number of rotatable bonds is 4. The van der Waals surface area contributed by atoms with Crippen molar-refractivity contribution in [3.8, 4) is 34.1 Å². The molecular weight excluding hydrogens is 312 g/mol. The van der Waals surface area contributed by atoms with Gasteiger partial charge in [0.15, 0.2) is 23.0 Å². The average Bonchev–Trinajstić information content (AvgIpc) is 2.63. The summed E-state index contributed by atoms with van der Waals surface area (Å²) in [5, 5.41) is 0. The zero-order valence-electron chi connectivity index (χ0n) is 13.8. The van der Waals surface area contributed by atoms with Gasteiger partial charge in [-0.2, -0.15) is 0 Å².